The lowest BCUT2D eigenvalue weighted by Crippen LogP contribution is -2.46. The van der Waals surface area contributed by atoms with Gasteiger partial charge in [-0.15, -0.1) is 0 Å². The molecule has 8 heteroatoms. The van der Waals surface area contributed by atoms with Gasteiger partial charge in [0.1, 0.15) is 12.1 Å². The van der Waals surface area contributed by atoms with Crippen LogP contribution in [-0.4, -0.2) is 60.8 Å². The lowest BCUT2D eigenvalue weighted by molar-refractivity contribution is -0.0143. The number of aliphatic hydroxyl groups is 1. The van der Waals surface area contributed by atoms with Crippen molar-refractivity contribution in [2.24, 2.45) is 10.4 Å². The molecule has 0 aromatic carbocycles. The highest BCUT2D eigenvalue weighted by atomic mass is 32.1. The van der Waals surface area contributed by atoms with Gasteiger partial charge < -0.3 is 20.5 Å². The molecule has 0 aromatic rings. The summed E-state index contributed by atoms with van der Waals surface area (Å²) in [5.41, 5.74) is 7.28. The van der Waals surface area contributed by atoms with Gasteiger partial charge in [-0.05, 0) is 47.0 Å². The number of hydrazine groups is 1. The third kappa shape index (κ3) is 11.8. The SMILES string of the molecule is CC(C)NC(/C=C(/NCC(C)(C)CO)C(C)S)=N/[C@H](C)CNNC1CCCCO1. The maximum atomic E-state index is 9.51. The average molecular weight is 430 g/mol. The van der Waals surface area contributed by atoms with E-state index in [2.05, 4.69) is 54.9 Å². The number of nitrogens with one attached hydrogen (secondary N) is 4. The topological polar surface area (TPSA) is 89.9 Å². The van der Waals surface area contributed by atoms with Crippen LogP contribution in [0.3, 0.4) is 0 Å². The molecule has 29 heavy (non-hydrogen) atoms. The molecule has 0 amide bonds. The fraction of sp³-hybridized carbons (Fsp3) is 0.857. The molecule has 1 saturated heterocycles. The van der Waals surface area contributed by atoms with Gasteiger partial charge in [-0.1, -0.05) is 13.8 Å². The minimum absolute atomic E-state index is 0.0298. The van der Waals surface area contributed by atoms with Crippen LogP contribution in [0.2, 0.25) is 0 Å². The number of rotatable bonds is 12. The smallest absolute Gasteiger partial charge is 0.123 e. The maximum absolute atomic E-state index is 9.51. The zero-order valence-electron chi connectivity index (χ0n) is 19.1. The molecule has 0 radical (unpaired) electrons. The number of ether oxygens (including phenoxy) is 1. The van der Waals surface area contributed by atoms with Gasteiger partial charge in [-0.25, -0.2) is 5.43 Å². The molecule has 1 aliphatic rings. The molecule has 5 N–H and O–H groups in total. The van der Waals surface area contributed by atoms with E-state index in [0.29, 0.717) is 13.1 Å². The van der Waals surface area contributed by atoms with Crippen molar-refractivity contribution < 1.29 is 9.84 Å². The van der Waals surface area contributed by atoms with Gasteiger partial charge in [0.2, 0.25) is 0 Å². The highest BCUT2D eigenvalue weighted by molar-refractivity contribution is 7.81. The Balaban J connectivity index is 2.73. The normalized spacial score (nSPS) is 21.2. The van der Waals surface area contributed by atoms with E-state index in [9.17, 15) is 5.11 Å². The van der Waals surface area contributed by atoms with Gasteiger partial charge in [-0.2, -0.15) is 12.6 Å². The van der Waals surface area contributed by atoms with Crippen LogP contribution in [0.25, 0.3) is 0 Å². The van der Waals surface area contributed by atoms with Gasteiger partial charge in [0.15, 0.2) is 0 Å². The Kier molecular flexibility index (Phi) is 12.2. The van der Waals surface area contributed by atoms with Crippen LogP contribution in [0.15, 0.2) is 16.8 Å². The number of nitrogens with zero attached hydrogens (tertiary/aromatic N) is 1. The van der Waals surface area contributed by atoms with Crippen LogP contribution in [0.1, 0.15) is 60.8 Å². The number of aliphatic hydroxyl groups excluding tert-OH is 1. The average Bonchev–Trinajstić information content (AvgIpc) is 2.65. The minimum atomic E-state index is -0.200. The molecule has 0 aromatic heterocycles. The summed E-state index contributed by atoms with van der Waals surface area (Å²) in [4.78, 5) is 4.85. The second-order valence-electron chi connectivity index (χ2n) is 8.99. The molecule has 0 saturated carbocycles. The van der Waals surface area contributed by atoms with E-state index in [-0.39, 0.29) is 35.6 Å². The number of hydrogen-bond acceptors (Lipinski definition) is 7. The summed E-state index contributed by atoms with van der Waals surface area (Å²) < 4.78 is 5.67. The zero-order valence-corrected chi connectivity index (χ0v) is 20.0. The molecule has 0 aliphatic carbocycles. The maximum Gasteiger partial charge on any atom is 0.123 e. The lowest BCUT2D eigenvalue weighted by atomic mass is 9.95. The first kappa shape index (κ1) is 26.2. The van der Waals surface area contributed by atoms with Crippen molar-refractivity contribution in [2.45, 2.75) is 84.4 Å². The number of aliphatic imine (C=N–C) groups is 1. The highest BCUT2D eigenvalue weighted by Gasteiger charge is 2.18. The first-order valence-corrected chi connectivity index (χ1v) is 11.3. The Morgan fingerprint density at radius 1 is 1.28 bits per heavy atom. The van der Waals surface area contributed by atoms with Crippen LogP contribution < -0.4 is 21.5 Å². The summed E-state index contributed by atoms with van der Waals surface area (Å²) in [5, 5.41) is 16.4. The Labute approximate surface area is 182 Å². The second-order valence-corrected chi connectivity index (χ2v) is 9.77. The van der Waals surface area contributed by atoms with Crippen LogP contribution in [0.4, 0.5) is 0 Å². The van der Waals surface area contributed by atoms with E-state index in [4.69, 9.17) is 9.73 Å². The van der Waals surface area contributed by atoms with Crippen molar-refractivity contribution in [3.63, 3.8) is 0 Å². The molecule has 1 heterocycles. The molecule has 0 spiro atoms. The summed E-state index contributed by atoms with van der Waals surface area (Å²) in [7, 11) is 0. The molecule has 0 bridgehead atoms. The Morgan fingerprint density at radius 2 is 2.00 bits per heavy atom. The van der Waals surface area contributed by atoms with Gasteiger partial charge in [0, 0.05) is 54.8 Å². The predicted molar refractivity (Wildman–Crippen MR) is 125 cm³/mol. The summed E-state index contributed by atoms with van der Waals surface area (Å²) in [6.07, 6.45) is 5.49. The summed E-state index contributed by atoms with van der Waals surface area (Å²) >= 11 is 4.61. The van der Waals surface area contributed by atoms with Crippen molar-refractivity contribution in [1.82, 2.24) is 21.5 Å². The third-order valence-electron chi connectivity index (χ3n) is 4.58. The van der Waals surface area contributed by atoms with E-state index >= 15 is 0 Å². The monoisotopic (exact) mass is 429 g/mol. The highest BCUT2D eigenvalue weighted by Crippen LogP contribution is 2.14. The van der Waals surface area contributed by atoms with Gasteiger partial charge in [-0.3, -0.25) is 10.4 Å². The van der Waals surface area contributed by atoms with E-state index in [1.54, 1.807) is 0 Å². The molecular formula is C21H43N5O2S. The van der Waals surface area contributed by atoms with Crippen LogP contribution >= 0.6 is 12.6 Å². The van der Waals surface area contributed by atoms with Crippen molar-refractivity contribution in [3.8, 4) is 0 Å². The summed E-state index contributed by atoms with van der Waals surface area (Å²) in [6, 6.07) is 0.346. The molecule has 1 rings (SSSR count). The predicted octanol–water partition coefficient (Wildman–Crippen LogP) is 2.20. The fourth-order valence-corrected chi connectivity index (χ4v) is 2.90. The van der Waals surface area contributed by atoms with E-state index < -0.39 is 0 Å². The second kappa shape index (κ2) is 13.5. The standard InChI is InChI=1S/C21H43N5O2S/c1-15(2)24-19(11-18(17(4)29)22-13-21(5,6)14-27)25-16(3)12-23-26-20-9-7-8-10-28-20/h11,15-17,20,22-23,26-27,29H,7-10,12-14H2,1-6H3,(H,24,25)/b18-11+/t16-,17?,20?/m1/s1. The van der Waals surface area contributed by atoms with Crippen molar-refractivity contribution in [3.05, 3.63) is 11.8 Å². The Hall–Kier alpha value is -0.800. The first-order chi connectivity index (χ1) is 13.6. The molecular weight excluding hydrogens is 386 g/mol. The summed E-state index contributed by atoms with van der Waals surface area (Å²) in [6.45, 7) is 14.7. The van der Waals surface area contributed by atoms with Crippen LogP contribution in [-0.2, 0) is 4.74 Å². The van der Waals surface area contributed by atoms with Crippen molar-refractivity contribution in [1.29, 1.82) is 0 Å². The molecule has 1 fully saturated rings. The lowest BCUT2D eigenvalue weighted by Gasteiger charge is -2.25. The molecule has 2 unspecified atom stereocenters. The van der Waals surface area contributed by atoms with Crippen molar-refractivity contribution in [2.75, 3.05) is 26.3 Å². The number of hydrogen-bond donors (Lipinski definition) is 6. The van der Waals surface area contributed by atoms with Gasteiger partial charge in [0.25, 0.3) is 0 Å². The van der Waals surface area contributed by atoms with E-state index in [1.165, 1.54) is 6.42 Å². The minimum Gasteiger partial charge on any atom is -0.396 e. The molecule has 1 aliphatic heterocycles. The van der Waals surface area contributed by atoms with Gasteiger partial charge in [0.05, 0.1) is 6.04 Å². The van der Waals surface area contributed by atoms with Crippen LogP contribution in [0.5, 0.6) is 0 Å². The van der Waals surface area contributed by atoms with E-state index in [1.807, 2.05) is 26.8 Å². The zero-order chi connectivity index (χ0) is 21.9. The molecule has 3 atom stereocenters. The van der Waals surface area contributed by atoms with Crippen LogP contribution in [0, 0.1) is 5.41 Å². The largest absolute Gasteiger partial charge is 0.396 e. The van der Waals surface area contributed by atoms with Gasteiger partial charge >= 0.3 is 0 Å². The fourth-order valence-electron chi connectivity index (χ4n) is 2.73. The number of amidine groups is 1. The van der Waals surface area contributed by atoms with Crippen molar-refractivity contribution >= 4 is 18.5 Å². The molecule has 7 nitrogen and oxygen atoms in total. The third-order valence-corrected chi connectivity index (χ3v) is 4.86. The Morgan fingerprint density at radius 3 is 2.55 bits per heavy atom. The summed E-state index contributed by atoms with van der Waals surface area (Å²) in [5.74, 6) is 0.827. The van der Waals surface area contributed by atoms with E-state index in [0.717, 1.165) is 31.0 Å². The number of thiol groups is 1. The molecule has 170 valence electrons. The first-order valence-electron chi connectivity index (χ1n) is 10.8. The quantitative estimate of drug-likeness (QED) is 0.123. The Bertz CT molecular complexity index is 517.